The number of carbonyl (C=O) groups excluding carboxylic acids is 1. The highest BCUT2D eigenvalue weighted by molar-refractivity contribution is 6.59. The molecule has 0 radical (unpaired) electrons. The lowest BCUT2D eigenvalue weighted by Crippen LogP contribution is -2.43. The third-order valence-corrected chi connectivity index (χ3v) is 7.31. The summed E-state index contributed by atoms with van der Waals surface area (Å²) in [4.78, 5) is 16.7. The minimum atomic E-state index is -4.60. The van der Waals surface area contributed by atoms with Crippen LogP contribution >= 0.6 is 11.6 Å². The fourth-order valence-corrected chi connectivity index (χ4v) is 4.95. The highest BCUT2D eigenvalue weighted by Crippen LogP contribution is 2.36. The average molecular weight is 582 g/mol. The summed E-state index contributed by atoms with van der Waals surface area (Å²) >= 11 is 6.09. The molecular formula is C27H26BClF5N3O3. The number of aromatic nitrogens is 1. The molecule has 3 aromatic rings. The van der Waals surface area contributed by atoms with Crippen molar-refractivity contribution in [2.45, 2.75) is 57.2 Å². The lowest BCUT2D eigenvalue weighted by atomic mass is 9.50. The molecule has 6 nitrogen and oxygen atoms in total. The SMILES string of the molecule is O=C(NB1CCC(Nc2cc(C(F)(F)F)nc3ccc(Cl)cc23)CC1)c1ccc(OC(F)F)c(OCC2CC2)c1. The summed E-state index contributed by atoms with van der Waals surface area (Å²) in [6.45, 7) is -2.81. The van der Waals surface area contributed by atoms with Gasteiger partial charge in [0.05, 0.1) is 12.1 Å². The van der Waals surface area contributed by atoms with E-state index in [-0.39, 0.29) is 41.4 Å². The van der Waals surface area contributed by atoms with E-state index in [4.69, 9.17) is 16.3 Å². The highest BCUT2D eigenvalue weighted by atomic mass is 35.5. The molecular weight excluding hydrogens is 556 g/mol. The lowest BCUT2D eigenvalue weighted by Gasteiger charge is -2.29. The summed E-state index contributed by atoms with van der Waals surface area (Å²) in [5.41, 5.74) is -0.242. The molecule has 0 atom stereocenters. The largest absolute Gasteiger partial charge is 0.489 e. The van der Waals surface area contributed by atoms with Crippen molar-refractivity contribution in [1.82, 2.24) is 10.2 Å². The van der Waals surface area contributed by atoms with Crippen LogP contribution in [0.1, 0.15) is 41.7 Å². The average Bonchev–Trinajstić information content (AvgIpc) is 3.73. The molecule has 0 spiro atoms. The first-order chi connectivity index (χ1) is 19.0. The third-order valence-electron chi connectivity index (χ3n) is 7.08. The normalized spacial score (nSPS) is 16.3. The molecule has 0 unspecified atom stereocenters. The molecule has 2 aliphatic rings. The molecule has 2 N–H and O–H groups in total. The van der Waals surface area contributed by atoms with Crippen LogP contribution in [0.4, 0.5) is 27.6 Å². The Kier molecular flexibility index (Phi) is 8.25. The number of fused-ring (bicyclic) bond motifs is 1. The molecule has 40 heavy (non-hydrogen) atoms. The number of benzene rings is 2. The number of rotatable bonds is 9. The number of carbonyl (C=O) groups is 1. The maximum Gasteiger partial charge on any atom is 0.433 e. The maximum absolute atomic E-state index is 13.4. The number of alkyl halides is 5. The third kappa shape index (κ3) is 7.07. The Bertz CT molecular complexity index is 1380. The van der Waals surface area contributed by atoms with Gasteiger partial charge in [-0.1, -0.05) is 24.2 Å². The van der Waals surface area contributed by atoms with Gasteiger partial charge in [0.15, 0.2) is 11.5 Å². The van der Waals surface area contributed by atoms with E-state index in [9.17, 15) is 26.7 Å². The fraction of sp³-hybridized carbons (Fsp3) is 0.407. The Hall–Kier alpha value is -3.28. The van der Waals surface area contributed by atoms with E-state index in [0.29, 0.717) is 54.1 Å². The number of ether oxygens (including phenoxy) is 2. The lowest BCUT2D eigenvalue weighted by molar-refractivity contribution is -0.140. The van der Waals surface area contributed by atoms with E-state index < -0.39 is 18.5 Å². The Morgan fingerprint density at radius 3 is 2.48 bits per heavy atom. The molecule has 13 heteroatoms. The second-order valence-corrected chi connectivity index (χ2v) is 10.6. The van der Waals surface area contributed by atoms with Crippen molar-refractivity contribution in [3.05, 3.63) is 58.7 Å². The summed E-state index contributed by atoms with van der Waals surface area (Å²) in [7, 11) is 0. The van der Waals surface area contributed by atoms with Gasteiger partial charge in [-0.25, -0.2) is 4.98 Å². The number of nitrogens with zero attached hydrogens (tertiary/aromatic N) is 1. The van der Waals surface area contributed by atoms with Crippen LogP contribution in [0.5, 0.6) is 11.5 Å². The number of hydrogen-bond acceptors (Lipinski definition) is 5. The molecule has 2 fully saturated rings. The molecule has 1 saturated heterocycles. The Labute approximate surface area is 232 Å². The molecule has 1 aromatic heterocycles. The van der Waals surface area contributed by atoms with Crippen molar-refractivity contribution in [2.24, 2.45) is 5.92 Å². The first-order valence-electron chi connectivity index (χ1n) is 13.0. The number of nitrogens with one attached hydrogen (secondary N) is 2. The van der Waals surface area contributed by atoms with Gasteiger partial charge in [0, 0.05) is 27.7 Å². The Morgan fingerprint density at radius 2 is 1.80 bits per heavy atom. The minimum absolute atomic E-state index is 0.0932. The number of pyridine rings is 1. The first kappa shape index (κ1) is 28.3. The molecule has 5 rings (SSSR count). The van der Waals surface area contributed by atoms with Crippen LogP contribution in [-0.4, -0.2) is 37.0 Å². The quantitative estimate of drug-likeness (QED) is 0.205. The topological polar surface area (TPSA) is 72.5 Å². The second-order valence-electron chi connectivity index (χ2n) is 10.2. The number of halogens is 6. The zero-order chi connectivity index (χ0) is 28.4. The van der Waals surface area contributed by atoms with Crippen LogP contribution in [0.2, 0.25) is 17.7 Å². The van der Waals surface area contributed by atoms with Gasteiger partial charge < -0.3 is 20.0 Å². The van der Waals surface area contributed by atoms with E-state index in [2.05, 4.69) is 20.3 Å². The van der Waals surface area contributed by atoms with Crippen LogP contribution in [0, 0.1) is 5.92 Å². The summed E-state index contributed by atoms with van der Waals surface area (Å²) in [5.74, 6) is -0.0308. The van der Waals surface area contributed by atoms with E-state index >= 15 is 0 Å². The van der Waals surface area contributed by atoms with Gasteiger partial charge >= 0.3 is 12.8 Å². The van der Waals surface area contributed by atoms with E-state index in [0.717, 1.165) is 18.9 Å². The number of anilines is 1. The maximum atomic E-state index is 13.4. The monoisotopic (exact) mass is 581 g/mol. The Balaban J connectivity index is 1.22. The number of hydrogen-bond donors (Lipinski definition) is 2. The molecule has 1 aliphatic carbocycles. The zero-order valence-corrected chi connectivity index (χ0v) is 22.0. The Morgan fingerprint density at radius 1 is 1.05 bits per heavy atom. The van der Waals surface area contributed by atoms with Gasteiger partial charge in [0.1, 0.15) is 5.69 Å². The second kappa shape index (κ2) is 11.7. The first-order valence-corrected chi connectivity index (χ1v) is 13.4. The fourth-order valence-electron chi connectivity index (χ4n) is 4.78. The molecule has 1 aliphatic heterocycles. The van der Waals surface area contributed by atoms with Crippen molar-refractivity contribution in [3.63, 3.8) is 0 Å². The molecule has 1 amide bonds. The predicted molar refractivity (Wildman–Crippen MR) is 143 cm³/mol. The number of amides is 1. The molecule has 2 heterocycles. The van der Waals surface area contributed by atoms with Crippen molar-refractivity contribution in [1.29, 1.82) is 0 Å². The molecule has 0 bridgehead atoms. The van der Waals surface area contributed by atoms with Gasteiger partial charge in [-0.15, -0.1) is 0 Å². The molecule has 2 aromatic carbocycles. The van der Waals surface area contributed by atoms with E-state index in [1.54, 1.807) is 6.07 Å². The van der Waals surface area contributed by atoms with Crippen molar-refractivity contribution >= 4 is 40.9 Å². The predicted octanol–water partition coefficient (Wildman–Crippen LogP) is 7.29. The summed E-state index contributed by atoms with van der Waals surface area (Å²) in [6.07, 6.45) is -0.178. The van der Waals surface area contributed by atoms with Gasteiger partial charge in [0.2, 0.25) is 5.91 Å². The zero-order valence-electron chi connectivity index (χ0n) is 21.2. The van der Waals surface area contributed by atoms with Gasteiger partial charge in [-0.2, -0.15) is 22.0 Å². The van der Waals surface area contributed by atoms with Crippen molar-refractivity contribution in [3.8, 4) is 11.5 Å². The van der Waals surface area contributed by atoms with Crippen molar-refractivity contribution < 1.29 is 36.2 Å². The van der Waals surface area contributed by atoms with Gasteiger partial charge in [-0.3, -0.25) is 4.79 Å². The van der Waals surface area contributed by atoms with Crippen molar-refractivity contribution in [2.75, 3.05) is 11.9 Å². The van der Waals surface area contributed by atoms with Crippen LogP contribution in [0.15, 0.2) is 42.5 Å². The minimum Gasteiger partial charge on any atom is -0.489 e. The molecule has 1 saturated carbocycles. The summed E-state index contributed by atoms with van der Waals surface area (Å²) < 4.78 is 76.1. The van der Waals surface area contributed by atoms with Crippen LogP contribution in [-0.2, 0) is 6.18 Å². The molecule has 212 valence electrons. The summed E-state index contributed by atoms with van der Waals surface area (Å²) in [5, 5.41) is 7.07. The van der Waals surface area contributed by atoms with Crippen LogP contribution < -0.4 is 20.0 Å². The highest BCUT2D eigenvalue weighted by Gasteiger charge is 2.34. The summed E-state index contributed by atoms with van der Waals surface area (Å²) in [6, 6.07) is 9.52. The van der Waals surface area contributed by atoms with Crippen LogP contribution in [0.3, 0.4) is 0 Å². The smallest absolute Gasteiger partial charge is 0.433 e. The van der Waals surface area contributed by atoms with Gasteiger partial charge in [-0.05, 0) is 74.1 Å². The van der Waals surface area contributed by atoms with E-state index in [1.807, 2.05) is 0 Å². The van der Waals surface area contributed by atoms with E-state index in [1.165, 1.54) is 30.3 Å². The van der Waals surface area contributed by atoms with Gasteiger partial charge in [0.25, 0.3) is 6.85 Å². The standard InChI is InChI=1S/C27H26BClF5N3O3/c29-17-4-5-20-19(12-17)21(13-24(36-20)27(32,33)34)35-18-7-9-28(10-8-18)37-25(38)16-3-6-22(40-26(30)31)23(11-16)39-14-15-1-2-15/h3-6,11-13,15,18,26H,1-2,7-10,14H2,(H,35,36)(H,37,38). The van der Waals surface area contributed by atoms with Crippen LogP contribution in [0.25, 0.3) is 10.9 Å².